The fourth-order valence-corrected chi connectivity index (χ4v) is 2.30. The lowest BCUT2D eigenvalue weighted by atomic mass is 10.0. The van der Waals surface area contributed by atoms with E-state index in [9.17, 15) is 9.59 Å². The molecule has 0 radical (unpaired) electrons. The molecule has 2 unspecified atom stereocenters. The zero-order valence-corrected chi connectivity index (χ0v) is 12.0. The molecule has 0 heterocycles. The predicted molar refractivity (Wildman–Crippen MR) is 73.0 cm³/mol. The zero-order valence-electron chi connectivity index (χ0n) is 11.2. The van der Waals surface area contributed by atoms with E-state index < -0.39 is 0 Å². The molecule has 0 aliphatic carbocycles. The number of carbonyl (C=O) groups excluding carboxylic acids is 2. The van der Waals surface area contributed by atoms with Crippen molar-refractivity contribution in [3.05, 3.63) is 0 Å². The first-order valence-electron chi connectivity index (χ1n) is 6.01. The summed E-state index contributed by atoms with van der Waals surface area (Å²) in [6.45, 7) is 7.37. The van der Waals surface area contributed by atoms with Crippen molar-refractivity contribution in [2.75, 3.05) is 11.5 Å². The highest BCUT2D eigenvalue weighted by Gasteiger charge is 2.20. The quantitative estimate of drug-likeness (QED) is 0.687. The third-order valence-corrected chi connectivity index (χ3v) is 3.64. The van der Waals surface area contributed by atoms with Crippen LogP contribution in [0.4, 0.5) is 0 Å². The molecule has 0 saturated carbocycles. The van der Waals surface area contributed by atoms with E-state index in [1.807, 2.05) is 20.8 Å². The van der Waals surface area contributed by atoms with Gasteiger partial charge in [0.05, 0.1) is 11.8 Å². The van der Waals surface area contributed by atoms with Gasteiger partial charge in [0, 0.05) is 11.8 Å². The SMILES string of the molecule is CCC(N)CSCC(=O)NC(C(C)=O)C(C)C. The van der Waals surface area contributed by atoms with Crippen molar-refractivity contribution in [2.45, 2.75) is 46.2 Å². The normalized spacial score (nSPS) is 14.5. The summed E-state index contributed by atoms with van der Waals surface area (Å²) < 4.78 is 0. The largest absolute Gasteiger partial charge is 0.345 e. The average molecular weight is 260 g/mol. The van der Waals surface area contributed by atoms with Crippen molar-refractivity contribution in [1.29, 1.82) is 0 Å². The number of hydrogen-bond donors (Lipinski definition) is 2. The summed E-state index contributed by atoms with van der Waals surface area (Å²) in [6.07, 6.45) is 0.913. The first-order chi connectivity index (χ1) is 7.88. The Morgan fingerprint density at radius 3 is 2.35 bits per heavy atom. The smallest absolute Gasteiger partial charge is 0.230 e. The van der Waals surface area contributed by atoms with Gasteiger partial charge in [0.1, 0.15) is 0 Å². The lowest BCUT2D eigenvalue weighted by Crippen LogP contribution is -2.44. The van der Waals surface area contributed by atoms with Crippen molar-refractivity contribution in [2.24, 2.45) is 11.7 Å². The van der Waals surface area contributed by atoms with Gasteiger partial charge in [-0.05, 0) is 19.3 Å². The van der Waals surface area contributed by atoms with Gasteiger partial charge in [0.2, 0.25) is 5.91 Å². The average Bonchev–Trinajstić information content (AvgIpc) is 2.24. The van der Waals surface area contributed by atoms with E-state index in [1.54, 1.807) is 0 Å². The minimum absolute atomic E-state index is 0.00334. The van der Waals surface area contributed by atoms with E-state index in [4.69, 9.17) is 5.73 Å². The first kappa shape index (κ1) is 16.4. The number of amides is 1. The second-order valence-corrected chi connectivity index (χ2v) is 5.61. The molecule has 0 aromatic carbocycles. The summed E-state index contributed by atoms with van der Waals surface area (Å²) in [5.41, 5.74) is 5.75. The Bertz CT molecular complexity index is 257. The molecule has 5 heteroatoms. The van der Waals surface area contributed by atoms with Crippen molar-refractivity contribution >= 4 is 23.5 Å². The molecule has 0 bridgehead atoms. The number of hydrogen-bond acceptors (Lipinski definition) is 4. The topological polar surface area (TPSA) is 72.2 Å². The molecule has 17 heavy (non-hydrogen) atoms. The second-order valence-electron chi connectivity index (χ2n) is 4.58. The highest BCUT2D eigenvalue weighted by molar-refractivity contribution is 7.99. The summed E-state index contributed by atoms with van der Waals surface area (Å²) >= 11 is 1.51. The lowest BCUT2D eigenvalue weighted by molar-refractivity contribution is -0.126. The Morgan fingerprint density at radius 1 is 1.35 bits per heavy atom. The van der Waals surface area contributed by atoms with Gasteiger partial charge in [-0.15, -0.1) is 0 Å². The van der Waals surface area contributed by atoms with Crippen molar-refractivity contribution in [1.82, 2.24) is 5.32 Å². The molecule has 1 amide bonds. The maximum Gasteiger partial charge on any atom is 0.230 e. The molecular formula is C12H24N2O2S. The van der Waals surface area contributed by atoms with Gasteiger partial charge < -0.3 is 11.1 Å². The molecule has 0 spiro atoms. The number of Topliss-reactive ketones (excluding diaryl/α,β-unsaturated/α-hetero) is 1. The van der Waals surface area contributed by atoms with E-state index in [0.29, 0.717) is 5.75 Å². The molecule has 100 valence electrons. The van der Waals surface area contributed by atoms with E-state index >= 15 is 0 Å². The summed E-state index contributed by atoms with van der Waals surface area (Å²) in [4.78, 5) is 22.9. The zero-order chi connectivity index (χ0) is 13.4. The van der Waals surface area contributed by atoms with Gasteiger partial charge in [-0.3, -0.25) is 9.59 Å². The number of carbonyl (C=O) groups is 2. The third-order valence-electron chi connectivity index (χ3n) is 2.51. The van der Waals surface area contributed by atoms with E-state index in [-0.39, 0.29) is 29.7 Å². The molecule has 0 fully saturated rings. The van der Waals surface area contributed by atoms with Crippen LogP contribution in [0.3, 0.4) is 0 Å². The highest BCUT2D eigenvalue weighted by atomic mass is 32.2. The molecule has 2 atom stereocenters. The van der Waals surface area contributed by atoms with Crippen LogP contribution in [0.25, 0.3) is 0 Å². The minimum Gasteiger partial charge on any atom is -0.345 e. The fourth-order valence-electron chi connectivity index (χ4n) is 1.37. The van der Waals surface area contributed by atoms with Crippen LogP contribution in [0.2, 0.25) is 0 Å². The van der Waals surface area contributed by atoms with Crippen molar-refractivity contribution < 1.29 is 9.59 Å². The number of rotatable bonds is 8. The van der Waals surface area contributed by atoms with E-state index in [2.05, 4.69) is 5.32 Å². The van der Waals surface area contributed by atoms with Gasteiger partial charge in [-0.25, -0.2) is 0 Å². The minimum atomic E-state index is -0.372. The number of nitrogens with two attached hydrogens (primary N) is 1. The van der Waals surface area contributed by atoms with Crippen LogP contribution < -0.4 is 11.1 Å². The second kappa shape index (κ2) is 8.53. The molecule has 0 aromatic rings. The molecule has 0 aliphatic rings. The highest BCUT2D eigenvalue weighted by Crippen LogP contribution is 2.06. The van der Waals surface area contributed by atoms with E-state index in [0.717, 1.165) is 12.2 Å². The van der Waals surface area contributed by atoms with Crippen LogP contribution in [-0.4, -0.2) is 35.3 Å². The maximum atomic E-state index is 11.6. The number of ketones is 1. The van der Waals surface area contributed by atoms with Crippen LogP contribution in [0, 0.1) is 5.92 Å². The van der Waals surface area contributed by atoms with Gasteiger partial charge in [0.15, 0.2) is 5.78 Å². The molecule has 4 nitrogen and oxygen atoms in total. The van der Waals surface area contributed by atoms with Crippen LogP contribution in [0.1, 0.15) is 34.1 Å². The summed E-state index contributed by atoms with van der Waals surface area (Å²) in [6, 6.07) is -0.232. The standard InChI is InChI=1S/C12H24N2O2S/c1-5-10(13)6-17-7-11(16)14-12(8(2)3)9(4)15/h8,10,12H,5-7,13H2,1-4H3,(H,14,16). The van der Waals surface area contributed by atoms with Gasteiger partial charge >= 0.3 is 0 Å². The monoisotopic (exact) mass is 260 g/mol. The number of thioether (sulfide) groups is 1. The van der Waals surface area contributed by atoms with Crippen molar-refractivity contribution in [3.8, 4) is 0 Å². The Kier molecular flexibility index (Phi) is 8.25. The summed E-state index contributed by atoms with van der Waals surface area (Å²) in [5, 5.41) is 2.76. The molecular weight excluding hydrogens is 236 g/mol. The maximum absolute atomic E-state index is 11.6. The molecule has 3 N–H and O–H groups in total. The van der Waals surface area contributed by atoms with Crippen LogP contribution in [0.15, 0.2) is 0 Å². The lowest BCUT2D eigenvalue weighted by Gasteiger charge is -2.19. The van der Waals surface area contributed by atoms with E-state index in [1.165, 1.54) is 18.7 Å². The third kappa shape index (κ3) is 7.39. The Labute approximate surface area is 108 Å². The Hall–Kier alpha value is -0.550. The fraction of sp³-hybridized carbons (Fsp3) is 0.833. The van der Waals surface area contributed by atoms with Gasteiger partial charge in [0.25, 0.3) is 0 Å². The predicted octanol–water partition coefficient (Wildman–Crippen LogP) is 1.19. The number of nitrogens with one attached hydrogen (secondary N) is 1. The molecule has 0 saturated heterocycles. The summed E-state index contributed by atoms with van der Waals surface area (Å²) in [7, 11) is 0. The Balaban J connectivity index is 3.95. The van der Waals surface area contributed by atoms with Gasteiger partial charge in [-0.2, -0.15) is 11.8 Å². The van der Waals surface area contributed by atoms with Crippen LogP contribution in [0.5, 0.6) is 0 Å². The van der Waals surface area contributed by atoms with Gasteiger partial charge in [-0.1, -0.05) is 20.8 Å². The molecule has 0 aromatic heterocycles. The van der Waals surface area contributed by atoms with Crippen LogP contribution >= 0.6 is 11.8 Å². The Morgan fingerprint density at radius 2 is 1.94 bits per heavy atom. The summed E-state index contributed by atoms with van der Waals surface area (Å²) in [5.74, 6) is 1.18. The first-order valence-corrected chi connectivity index (χ1v) is 7.17. The molecule has 0 aliphatic heterocycles. The molecule has 0 rings (SSSR count). The van der Waals surface area contributed by atoms with Crippen molar-refractivity contribution in [3.63, 3.8) is 0 Å². The van der Waals surface area contributed by atoms with Crippen LogP contribution in [-0.2, 0) is 9.59 Å².